The van der Waals surface area contributed by atoms with Gasteiger partial charge in [0.25, 0.3) is 0 Å². The molecule has 0 saturated carbocycles. The van der Waals surface area contributed by atoms with E-state index in [1.807, 2.05) is 0 Å². The minimum atomic E-state index is -0.343. The van der Waals surface area contributed by atoms with Gasteiger partial charge in [0.15, 0.2) is 5.82 Å². The average Bonchev–Trinajstić information content (AvgIpc) is 3.22. The maximum atomic E-state index is 13.3. The van der Waals surface area contributed by atoms with E-state index in [9.17, 15) is 14.0 Å². The first kappa shape index (κ1) is 16.6. The molecule has 7 nitrogen and oxygen atoms in total. The summed E-state index contributed by atoms with van der Waals surface area (Å²) in [4.78, 5) is 25.6. The summed E-state index contributed by atoms with van der Waals surface area (Å²) in [6.07, 6.45) is 3.37. The Morgan fingerprint density at radius 2 is 2.27 bits per heavy atom. The lowest BCUT2D eigenvalue weighted by Gasteiger charge is -2.31. The van der Waals surface area contributed by atoms with Gasteiger partial charge in [0, 0.05) is 25.2 Å². The van der Waals surface area contributed by atoms with Gasteiger partial charge in [0.1, 0.15) is 12.4 Å². The molecule has 2 amide bonds. The predicted octanol–water partition coefficient (Wildman–Crippen LogP) is 2.57. The van der Waals surface area contributed by atoms with Crippen LogP contribution in [-0.4, -0.2) is 45.9 Å². The number of halogens is 1. The zero-order valence-electron chi connectivity index (χ0n) is 14.1. The molecule has 1 N–H and O–H groups in total. The first-order valence-corrected chi connectivity index (χ1v) is 8.63. The number of cyclic esters (lactones) is 1. The molecule has 2 atom stereocenters. The number of nitrogens with zero attached hydrogens (tertiary/aromatic N) is 3. The molecule has 0 aliphatic carbocycles. The number of nitrogens with one attached hydrogen (secondary N) is 1. The van der Waals surface area contributed by atoms with Crippen LogP contribution in [0.15, 0.2) is 36.5 Å². The summed E-state index contributed by atoms with van der Waals surface area (Å²) in [7, 11) is 0. The number of amides is 2. The second-order valence-electron chi connectivity index (χ2n) is 6.69. The molecule has 0 spiro atoms. The predicted molar refractivity (Wildman–Crippen MR) is 91.3 cm³/mol. The highest BCUT2D eigenvalue weighted by Gasteiger charge is 2.38. The third kappa shape index (κ3) is 3.40. The highest BCUT2D eigenvalue weighted by Crippen LogP contribution is 2.29. The lowest BCUT2D eigenvalue weighted by molar-refractivity contribution is -0.117. The fraction of sp³-hybridized carbons (Fsp3) is 0.389. The Kier molecular flexibility index (Phi) is 4.32. The number of aromatic nitrogens is 2. The molecule has 136 valence electrons. The molecule has 4 rings (SSSR count). The van der Waals surface area contributed by atoms with Gasteiger partial charge in [-0.25, -0.2) is 13.9 Å². The van der Waals surface area contributed by atoms with Crippen molar-refractivity contribution in [2.24, 2.45) is 5.92 Å². The van der Waals surface area contributed by atoms with Crippen LogP contribution < -0.4 is 5.32 Å². The highest BCUT2D eigenvalue weighted by molar-refractivity contribution is 5.89. The maximum Gasteiger partial charge on any atom is 0.410 e. The Morgan fingerprint density at radius 1 is 1.38 bits per heavy atom. The molecular weight excluding hydrogens is 339 g/mol. The largest absolute Gasteiger partial charge is 0.447 e. The molecule has 26 heavy (non-hydrogen) atoms. The summed E-state index contributed by atoms with van der Waals surface area (Å²) in [5, 5.41) is 7.05. The molecule has 0 unspecified atom stereocenters. The fourth-order valence-electron chi connectivity index (χ4n) is 3.58. The van der Waals surface area contributed by atoms with E-state index < -0.39 is 0 Å². The van der Waals surface area contributed by atoms with Gasteiger partial charge in [0.05, 0.1) is 11.7 Å². The van der Waals surface area contributed by atoms with Gasteiger partial charge in [-0.15, -0.1) is 0 Å². The van der Waals surface area contributed by atoms with E-state index in [1.54, 1.807) is 29.3 Å². The molecule has 2 aliphatic rings. The summed E-state index contributed by atoms with van der Waals surface area (Å²) in [6, 6.07) is 7.84. The van der Waals surface area contributed by atoms with E-state index in [0.717, 1.165) is 12.8 Å². The van der Waals surface area contributed by atoms with Crippen molar-refractivity contribution in [1.82, 2.24) is 14.7 Å². The monoisotopic (exact) mass is 358 g/mol. The number of fused-ring (bicyclic) bond motifs is 1. The Bertz CT molecular complexity index is 837. The van der Waals surface area contributed by atoms with Gasteiger partial charge in [0.2, 0.25) is 5.91 Å². The van der Waals surface area contributed by atoms with Crippen molar-refractivity contribution in [2.45, 2.75) is 25.3 Å². The molecule has 2 saturated heterocycles. The molecule has 0 bridgehead atoms. The van der Waals surface area contributed by atoms with E-state index in [1.165, 1.54) is 16.8 Å². The SMILES string of the molecule is O=C(C[C@H]1CCN2C(=O)OC[C@H]2C1)Nc1ccn(-c2cccc(F)c2)n1. The lowest BCUT2D eigenvalue weighted by Crippen LogP contribution is -2.41. The Balaban J connectivity index is 1.33. The zero-order chi connectivity index (χ0) is 18.1. The highest BCUT2D eigenvalue weighted by atomic mass is 19.1. The molecule has 8 heteroatoms. The van der Waals surface area contributed by atoms with Crippen LogP contribution in [0.3, 0.4) is 0 Å². The third-order valence-electron chi connectivity index (χ3n) is 4.86. The van der Waals surface area contributed by atoms with Crippen LogP contribution in [0.5, 0.6) is 0 Å². The third-order valence-corrected chi connectivity index (χ3v) is 4.86. The average molecular weight is 358 g/mol. The smallest absolute Gasteiger partial charge is 0.410 e. The molecule has 2 aliphatic heterocycles. The minimum absolute atomic E-state index is 0.0845. The van der Waals surface area contributed by atoms with Crippen LogP contribution in [0.1, 0.15) is 19.3 Å². The minimum Gasteiger partial charge on any atom is -0.447 e. The number of rotatable bonds is 4. The van der Waals surface area contributed by atoms with Gasteiger partial charge in [-0.3, -0.25) is 4.79 Å². The summed E-state index contributed by atoms with van der Waals surface area (Å²) >= 11 is 0. The first-order chi connectivity index (χ1) is 12.6. The van der Waals surface area contributed by atoms with Gasteiger partial charge >= 0.3 is 6.09 Å². The number of carbonyl (C=O) groups is 2. The quantitative estimate of drug-likeness (QED) is 0.911. The standard InChI is InChI=1S/C18H19FN4O3/c19-13-2-1-3-14(10-13)23-7-5-16(21-23)20-17(24)9-12-4-6-22-15(8-12)11-26-18(22)25/h1-3,5,7,10,12,15H,4,6,8-9,11H2,(H,20,21,24)/t12-,15+/m0/s1. The van der Waals surface area contributed by atoms with Gasteiger partial charge in [-0.2, -0.15) is 5.10 Å². The number of piperidine rings is 1. The van der Waals surface area contributed by atoms with Gasteiger partial charge < -0.3 is 15.0 Å². The molecule has 2 fully saturated rings. The van der Waals surface area contributed by atoms with E-state index in [4.69, 9.17) is 4.74 Å². The second kappa shape index (κ2) is 6.78. The van der Waals surface area contributed by atoms with Crippen LogP contribution in [0.2, 0.25) is 0 Å². The first-order valence-electron chi connectivity index (χ1n) is 8.63. The Labute approximate surface area is 149 Å². The van der Waals surface area contributed by atoms with Crippen LogP contribution in [0.4, 0.5) is 15.0 Å². The van der Waals surface area contributed by atoms with E-state index >= 15 is 0 Å². The van der Waals surface area contributed by atoms with Crippen molar-refractivity contribution in [3.05, 3.63) is 42.3 Å². The number of carbonyl (C=O) groups excluding carboxylic acids is 2. The van der Waals surface area contributed by atoms with Crippen molar-refractivity contribution in [3.63, 3.8) is 0 Å². The summed E-state index contributed by atoms with van der Waals surface area (Å²) < 4.78 is 19.9. The molecule has 1 aromatic carbocycles. The zero-order valence-corrected chi connectivity index (χ0v) is 14.1. The Morgan fingerprint density at radius 3 is 3.12 bits per heavy atom. The van der Waals surface area contributed by atoms with Gasteiger partial charge in [-0.1, -0.05) is 6.07 Å². The van der Waals surface area contributed by atoms with Gasteiger partial charge in [-0.05, 0) is 37.0 Å². The number of ether oxygens (including phenoxy) is 1. The normalized spacial score (nSPS) is 22.0. The van der Waals surface area contributed by atoms with Crippen molar-refractivity contribution < 1.29 is 18.7 Å². The topological polar surface area (TPSA) is 76.5 Å². The second-order valence-corrected chi connectivity index (χ2v) is 6.69. The number of hydrogen-bond acceptors (Lipinski definition) is 4. The van der Waals surface area contributed by atoms with Crippen molar-refractivity contribution in [1.29, 1.82) is 0 Å². The molecule has 3 heterocycles. The maximum absolute atomic E-state index is 13.3. The van der Waals surface area contributed by atoms with Crippen LogP contribution in [-0.2, 0) is 9.53 Å². The molecular formula is C18H19FN4O3. The lowest BCUT2D eigenvalue weighted by atomic mass is 9.89. The van der Waals surface area contributed by atoms with E-state index in [0.29, 0.717) is 31.1 Å². The van der Waals surface area contributed by atoms with Crippen LogP contribution in [0, 0.1) is 11.7 Å². The van der Waals surface area contributed by atoms with Crippen molar-refractivity contribution >= 4 is 17.8 Å². The molecule has 1 aromatic heterocycles. The van der Waals surface area contributed by atoms with Crippen LogP contribution in [0.25, 0.3) is 5.69 Å². The van der Waals surface area contributed by atoms with E-state index in [-0.39, 0.29) is 29.8 Å². The van der Waals surface area contributed by atoms with Crippen molar-refractivity contribution in [3.8, 4) is 5.69 Å². The Hall–Kier alpha value is -2.90. The summed E-state index contributed by atoms with van der Waals surface area (Å²) in [5.41, 5.74) is 0.587. The molecule has 0 radical (unpaired) electrons. The van der Waals surface area contributed by atoms with Crippen molar-refractivity contribution in [2.75, 3.05) is 18.5 Å². The van der Waals surface area contributed by atoms with Crippen LogP contribution >= 0.6 is 0 Å². The summed E-state index contributed by atoms with van der Waals surface area (Å²) in [6.45, 7) is 1.05. The number of anilines is 1. The van der Waals surface area contributed by atoms with E-state index in [2.05, 4.69) is 10.4 Å². The number of benzene rings is 1. The number of hydrogen-bond donors (Lipinski definition) is 1. The summed E-state index contributed by atoms with van der Waals surface area (Å²) in [5.74, 6) is 0.189. The fourth-order valence-corrected chi connectivity index (χ4v) is 3.58. The molecule has 2 aromatic rings.